The number of rotatable bonds is 8. The predicted octanol–water partition coefficient (Wildman–Crippen LogP) is 4.77. The highest BCUT2D eigenvalue weighted by Gasteiger charge is 2.77. The van der Waals surface area contributed by atoms with Crippen molar-refractivity contribution >= 4 is 35.2 Å². The largest absolute Gasteiger partial charge is 0.394 e. The molecule has 218 valence electrons. The monoisotopic (exact) mass is 583 g/mol. The molecule has 0 radical (unpaired) electrons. The van der Waals surface area contributed by atoms with Gasteiger partial charge in [0.05, 0.1) is 29.2 Å². The summed E-state index contributed by atoms with van der Waals surface area (Å²) >= 11 is 1.63. The smallest absolute Gasteiger partial charge is 0.248 e. The lowest BCUT2D eigenvalue weighted by molar-refractivity contribution is -0.142. The second kappa shape index (κ2) is 10.9. The van der Waals surface area contributed by atoms with Crippen LogP contribution in [0.2, 0.25) is 0 Å². The summed E-state index contributed by atoms with van der Waals surface area (Å²) in [6.45, 7) is 6.01. The molecule has 0 saturated carbocycles. The first kappa shape index (κ1) is 28.5. The summed E-state index contributed by atoms with van der Waals surface area (Å²) in [7, 11) is 0. The minimum atomic E-state index is -0.856. The first-order valence-electron chi connectivity index (χ1n) is 14.6. The molecule has 6 rings (SSSR count). The van der Waals surface area contributed by atoms with Gasteiger partial charge in [0.15, 0.2) is 0 Å². The number of hydrogen-bond acceptors (Lipinski definition) is 5. The van der Waals surface area contributed by atoms with Crippen LogP contribution < -0.4 is 10.6 Å². The molecule has 0 aromatic heterocycles. The fourth-order valence-electron chi connectivity index (χ4n) is 7.40. The number of carbonyl (C=O) groups is 3. The van der Waals surface area contributed by atoms with E-state index in [9.17, 15) is 19.5 Å². The Balaban J connectivity index is 1.40. The average molecular weight is 584 g/mol. The molecule has 2 unspecified atom stereocenters. The van der Waals surface area contributed by atoms with E-state index in [-0.39, 0.29) is 24.3 Å². The van der Waals surface area contributed by atoms with Crippen LogP contribution in [0, 0.1) is 25.7 Å². The summed E-state index contributed by atoms with van der Waals surface area (Å²) in [5.41, 5.74) is 4.38. The van der Waals surface area contributed by atoms with Gasteiger partial charge in [-0.2, -0.15) is 0 Å². The van der Waals surface area contributed by atoms with Gasteiger partial charge in [-0.1, -0.05) is 72.8 Å². The molecule has 3 aromatic rings. The maximum Gasteiger partial charge on any atom is 0.248 e. The number of carbonyl (C=O) groups excluding carboxylic acids is 3. The van der Waals surface area contributed by atoms with Crippen molar-refractivity contribution in [2.45, 2.75) is 61.7 Å². The lowest BCUT2D eigenvalue weighted by atomic mass is 9.66. The number of nitrogens with one attached hydrogen (secondary N) is 2. The number of amides is 3. The lowest BCUT2D eigenvalue weighted by Crippen LogP contribution is -2.53. The molecule has 3 aliphatic heterocycles. The highest BCUT2D eigenvalue weighted by atomic mass is 32.2. The molecule has 42 heavy (non-hydrogen) atoms. The molecule has 7 nitrogen and oxygen atoms in total. The number of hydrogen-bond donors (Lipinski definition) is 3. The van der Waals surface area contributed by atoms with E-state index in [1.54, 1.807) is 16.7 Å². The summed E-state index contributed by atoms with van der Waals surface area (Å²) in [4.78, 5) is 44.5. The van der Waals surface area contributed by atoms with E-state index in [4.69, 9.17) is 0 Å². The number of benzene rings is 3. The molecule has 3 heterocycles. The Hall–Kier alpha value is -3.62. The average Bonchev–Trinajstić information content (AvgIpc) is 3.56. The van der Waals surface area contributed by atoms with Gasteiger partial charge in [0.25, 0.3) is 0 Å². The van der Waals surface area contributed by atoms with Gasteiger partial charge < -0.3 is 20.6 Å². The molecule has 3 aliphatic rings. The number of fused-ring (bicyclic) bond motifs is 1. The number of anilines is 1. The van der Waals surface area contributed by atoms with Crippen molar-refractivity contribution < 1.29 is 19.5 Å². The number of thioether (sulfide) groups is 1. The number of aliphatic hydroxyl groups is 1. The van der Waals surface area contributed by atoms with Crippen LogP contribution in [0.15, 0.2) is 78.9 Å². The quantitative estimate of drug-likeness (QED) is 0.355. The zero-order chi connectivity index (χ0) is 29.6. The highest BCUT2D eigenvalue weighted by molar-refractivity contribution is 8.02. The summed E-state index contributed by atoms with van der Waals surface area (Å²) in [5, 5.41) is 16.9. The first-order chi connectivity index (χ1) is 20.2. The van der Waals surface area contributed by atoms with Crippen LogP contribution >= 0.6 is 11.8 Å². The molecule has 8 heteroatoms. The third-order valence-electron chi connectivity index (χ3n) is 9.40. The molecule has 3 amide bonds. The maximum atomic E-state index is 14.6. The number of aliphatic hydroxyl groups excluding tert-OH is 1. The van der Waals surface area contributed by atoms with Gasteiger partial charge in [0, 0.05) is 17.0 Å². The van der Waals surface area contributed by atoms with Crippen LogP contribution in [0.3, 0.4) is 0 Å². The predicted molar refractivity (Wildman–Crippen MR) is 165 cm³/mol. The number of likely N-dealkylation sites (tertiary alicyclic amines) is 1. The second-order valence-corrected chi connectivity index (χ2v) is 14.0. The van der Waals surface area contributed by atoms with Gasteiger partial charge in [-0.15, -0.1) is 11.8 Å². The summed E-state index contributed by atoms with van der Waals surface area (Å²) in [5.74, 6) is -1.96. The van der Waals surface area contributed by atoms with Crippen LogP contribution in [0.5, 0.6) is 0 Å². The van der Waals surface area contributed by atoms with Gasteiger partial charge in [-0.25, -0.2) is 0 Å². The van der Waals surface area contributed by atoms with E-state index in [0.29, 0.717) is 18.7 Å². The molecule has 2 bridgehead atoms. The van der Waals surface area contributed by atoms with Crippen molar-refractivity contribution in [3.63, 3.8) is 0 Å². The Morgan fingerprint density at radius 1 is 1.00 bits per heavy atom. The van der Waals surface area contributed by atoms with E-state index in [2.05, 4.69) is 17.6 Å². The minimum absolute atomic E-state index is 0.162. The van der Waals surface area contributed by atoms with Crippen LogP contribution in [0.4, 0.5) is 5.69 Å². The Morgan fingerprint density at radius 2 is 1.69 bits per heavy atom. The van der Waals surface area contributed by atoms with Crippen molar-refractivity contribution in [2.24, 2.45) is 11.8 Å². The normalized spacial score (nSPS) is 28.4. The Bertz CT molecular complexity index is 1520. The van der Waals surface area contributed by atoms with E-state index in [0.717, 1.165) is 28.7 Å². The topological polar surface area (TPSA) is 98.7 Å². The summed E-state index contributed by atoms with van der Waals surface area (Å²) in [6.07, 6.45) is 1.36. The first-order valence-corrected chi connectivity index (χ1v) is 15.4. The van der Waals surface area contributed by atoms with Crippen molar-refractivity contribution in [1.82, 2.24) is 10.2 Å². The van der Waals surface area contributed by atoms with Crippen LogP contribution in [0.1, 0.15) is 48.1 Å². The fourth-order valence-corrected chi connectivity index (χ4v) is 9.74. The fraction of sp³-hybridized carbons (Fsp3) is 0.382. The van der Waals surface area contributed by atoms with E-state index in [1.807, 2.05) is 92.7 Å². The second-order valence-electron chi connectivity index (χ2n) is 12.1. The van der Waals surface area contributed by atoms with Crippen LogP contribution in [-0.4, -0.2) is 49.9 Å². The molecule has 6 atom stereocenters. The van der Waals surface area contributed by atoms with Crippen molar-refractivity contribution in [2.75, 3.05) is 11.9 Å². The van der Waals surface area contributed by atoms with Gasteiger partial charge in [0.1, 0.15) is 6.04 Å². The zero-order valence-electron chi connectivity index (χ0n) is 24.2. The molecule has 3 saturated heterocycles. The van der Waals surface area contributed by atoms with Gasteiger partial charge >= 0.3 is 0 Å². The molecule has 1 spiro atoms. The Morgan fingerprint density at radius 3 is 2.38 bits per heavy atom. The third-order valence-corrected chi connectivity index (χ3v) is 11.4. The molecule has 3 aromatic carbocycles. The number of nitrogens with zero attached hydrogens (tertiary/aromatic N) is 1. The zero-order valence-corrected chi connectivity index (χ0v) is 25.0. The third kappa shape index (κ3) is 4.61. The van der Waals surface area contributed by atoms with E-state index < -0.39 is 33.4 Å². The molecular formula is C34H37N3O4S. The summed E-state index contributed by atoms with van der Waals surface area (Å²) < 4.78 is -1.27. The van der Waals surface area contributed by atoms with Crippen molar-refractivity contribution in [3.8, 4) is 0 Å². The Kier molecular flexibility index (Phi) is 7.39. The van der Waals surface area contributed by atoms with Crippen LogP contribution in [0.25, 0.3) is 0 Å². The highest BCUT2D eigenvalue weighted by Crippen LogP contribution is 2.72. The lowest BCUT2D eigenvalue weighted by Gasteiger charge is -2.37. The van der Waals surface area contributed by atoms with Gasteiger partial charge in [-0.05, 0) is 61.9 Å². The SMILES string of the molecule is Cc1ccc(C)c(NC(=O)C2N([C@H](CO)c3ccccc3)C(=O)[C@@H]3[C@@H](C(=O)NCc4ccccc4)[C@@]4(C)CCC23S4)c1. The van der Waals surface area contributed by atoms with Crippen LogP contribution in [-0.2, 0) is 20.9 Å². The maximum absolute atomic E-state index is 14.6. The molecule has 3 fully saturated rings. The summed E-state index contributed by atoms with van der Waals surface area (Å²) in [6, 6.07) is 23.4. The standard InChI is InChI=1S/C34H37N3O4S/c1-21-14-15-22(2)25(18-21)36-31(40)29-34-17-16-33(3,42-34)27(30(39)35-19-23-10-6-4-7-11-23)28(34)32(41)37(29)26(20-38)24-12-8-5-9-13-24/h4-15,18,26-29,38H,16-17,19-20H2,1-3H3,(H,35,39)(H,36,40)/t26-,27+,28+,29?,33-,34?/m1/s1. The number of aryl methyl sites for hydroxylation is 2. The Labute approximate surface area is 251 Å². The molecule has 0 aliphatic carbocycles. The van der Waals surface area contributed by atoms with Gasteiger partial charge in [-0.3, -0.25) is 14.4 Å². The molecule has 3 N–H and O–H groups in total. The van der Waals surface area contributed by atoms with E-state index in [1.165, 1.54) is 0 Å². The van der Waals surface area contributed by atoms with Crippen molar-refractivity contribution in [3.05, 3.63) is 101 Å². The van der Waals surface area contributed by atoms with Gasteiger partial charge in [0.2, 0.25) is 17.7 Å². The minimum Gasteiger partial charge on any atom is -0.394 e. The molecular weight excluding hydrogens is 546 g/mol. The van der Waals surface area contributed by atoms with Crippen molar-refractivity contribution in [1.29, 1.82) is 0 Å². The van der Waals surface area contributed by atoms with E-state index >= 15 is 0 Å².